The highest BCUT2D eigenvalue weighted by Crippen LogP contribution is 2.25. The number of nitro groups is 1. The van der Waals surface area contributed by atoms with Gasteiger partial charge in [-0.25, -0.2) is 0 Å². The summed E-state index contributed by atoms with van der Waals surface area (Å²) in [5.41, 5.74) is -0.576. The molecule has 0 fully saturated rings. The molecule has 0 aliphatic carbocycles. The molecule has 1 aromatic carbocycles. The molecule has 4 nitrogen and oxygen atoms in total. The summed E-state index contributed by atoms with van der Waals surface area (Å²) in [6.07, 6.45) is -1.15. The number of nitrogens with zero attached hydrogens (tertiary/aromatic N) is 1. The van der Waals surface area contributed by atoms with Crippen LogP contribution in [0.25, 0.3) is 0 Å². The van der Waals surface area contributed by atoms with Crippen LogP contribution >= 0.6 is 0 Å². The maximum absolute atomic E-state index is 12.2. The monoisotopic (exact) mass is 234 g/mol. The molecule has 1 aromatic rings. The highest BCUT2D eigenvalue weighted by molar-refractivity contribution is 6.57. The van der Waals surface area contributed by atoms with E-state index in [2.05, 4.69) is 0 Å². The zero-order valence-electron chi connectivity index (χ0n) is 8.32. The molecule has 0 aromatic heterocycles. The molecular formula is C8H8BF3NO3-. The van der Waals surface area contributed by atoms with E-state index in [9.17, 15) is 23.1 Å². The van der Waals surface area contributed by atoms with Crippen molar-refractivity contribution in [2.75, 3.05) is 7.11 Å². The van der Waals surface area contributed by atoms with Crippen LogP contribution in [-0.2, 0) is 6.32 Å². The second-order valence-corrected chi connectivity index (χ2v) is 3.21. The first-order valence-electron chi connectivity index (χ1n) is 4.35. The minimum atomic E-state index is -5.02. The van der Waals surface area contributed by atoms with E-state index in [0.717, 1.165) is 18.2 Å². The molecular weight excluding hydrogens is 226 g/mol. The van der Waals surface area contributed by atoms with Gasteiger partial charge >= 0.3 is 6.98 Å². The molecule has 0 unspecified atom stereocenters. The molecule has 0 bridgehead atoms. The first kappa shape index (κ1) is 12.3. The third kappa shape index (κ3) is 3.45. The number of benzene rings is 1. The van der Waals surface area contributed by atoms with Crippen molar-refractivity contribution in [1.82, 2.24) is 0 Å². The van der Waals surface area contributed by atoms with Gasteiger partial charge in [-0.05, 0) is 6.07 Å². The molecule has 0 aliphatic rings. The maximum Gasteiger partial charge on any atom is 0.482 e. The Morgan fingerprint density at radius 3 is 2.44 bits per heavy atom. The Hall–Kier alpha value is -1.73. The fraction of sp³-hybridized carbons (Fsp3) is 0.250. The average molecular weight is 234 g/mol. The van der Waals surface area contributed by atoms with Crippen molar-refractivity contribution in [3.8, 4) is 5.75 Å². The van der Waals surface area contributed by atoms with Crippen molar-refractivity contribution >= 4 is 12.7 Å². The van der Waals surface area contributed by atoms with E-state index in [1.165, 1.54) is 7.11 Å². The van der Waals surface area contributed by atoms with E-state index < -0.39 is 23.9 Å². The number of methoxy groups -OCH3 is 1. The fourth-order valence-corrected chi connectivity index (χ4v) is 1.25. The molecule has 0 N–H and O–H groups in total. The van der Waals surface area contributed by atoms with Crippen LogP contribution in [0.5, 0.6) is 5.75 Å². The molecule has 0 saturated heterocycles. The van der Waals surface area contributed by atoms with Crippen molar-refractivity contribution in [1.29, 1.82) is 0 Å². The van der Waals surface area contributed by atoms with Gasteiger partial charge in [-0.3, -0.25) is 10.1 Å². The minimum absolute atomic E-state index is 0.0456. The highest BCUT2D eigenvalue weighted by atomic mass is 19.4. The van der Waals surface area contributed by atoms with E-state index in [0.29, 0.717) is 0 Å². The third-order valence-electron chi connectivity index (χ3n) is 1.86. The molecule has 0 spiro atoms. The van der Waals surface area contributed by atoms with Gasteiger partial charge in [0.15, 0.2) is 0 Å². The van der Waals surface area contributed by atoms with Gasteiger partial charge in [-0.2, -0.15) is 0 Å². The Morgan fingerprint density at radius 2 is 2.00 bits per heavy atom. The summed E-state index contributed by atoms with van der Waals surface area (Å²) in [7, 11) is 1.24. The number of halogens is 3. The zero-order chi connectivity index (χ0) is 12.3. The van der Waals surface area contributed by atoms with Crippen LogP contribution in [0.4, 0.5) is 18.6 Å². The molecule has 16 heavy (non-hydrogen) atoms. The normalized spacial score (nSPS) is 11.2. The molecule has 8 heteroatoms. The van der Waals surface area contributed by atoms with Crippen LogP contribution in [0.2, 0.25) is 0 Å². The van der Waals surface area contributed by atoms with Crippen molar-refractivity contribution in [3.05, 3.63) is 33.9 Å². The number of non-ortho nitro benzene ring substituents is 1. The predicted octanol–water partition coefficient (Wildman–Crippen LogP) is 2.53. The van der Waals surface area contributed by atoms with Gasteiger partial charge in [0.1, 0.15) is 5.75 Å². The lowest BCUT2D eigenvalue weighted by molar-refractivity contribution is -0.385. The van der Waals surface area contributed by atoms with Crippen LogP contribution in [0, 0.1) is 10.1 Å². The van der Waals surface area contributed by atoms with Crippen molar-refractivity contribution in [2.45, 2.75) is 6.32 Å². The van der Waals surface area contributed by atoms with E-state index in [4.69, 9.17) is 4.74 Å². The van der Waals surface area contributed by atoms with E-state index in [1.807, 2.05) is 0 Å². The summed E-state index contributed by atoms with van der Waals surface area (Å²) in [6.45, 7) is -5.02. The topological polar surface area (TPSA) is 52.4 Å². The summed E-state index contributed by atoms with van der Waals surface area (Å²) in [4.78, 5) is 9.71. The summed E-state index contributed by atoms with van der Waals surface area (Å²) >= 11 is 0. The second kappa shape index (κ2) is 4.42. The predicted molar refractivity (Wildman–Crippen MR) is 52.4 cm³/mol. The largest absolute Gasteiger partial charge is 0.496 e. The van der Waals surface area contributed by atoms with Gasteiger partial charge in [0, 0.05) is 6.07 Å². The Kier molecular flexibility index (Phi) is 3.41. The molecule has 0 amide bonds. The second-order valence-electron chi connectivity index (χ2n) is 3.21. The van der Waals surface area contributed by atoms with Crippen molar-refractivity contribution in [2.24, 2.45) is 0 Å². The Labute approximate surface area is 89.2 Å². The molecule has 88 valence electrons. The molecule has 0 radical (unpaired) electrons. The Morgan fingerprint density at radius 1 is 1.38 bits per heavy atom. The minimum Gasteiger partial charge on any atom is -0.496 e. The van der Waals surface area contributed by atoms with Gasteiger partial charge in [0.2, 0.25) is 0 Å². The standard InChI is InChI=1S/C8H8BF3NO3/c1-16-8-3-6(5-9(10,11)12)2-7(4-8)13(14)15/h2-4H,5H2,1H3/q-1. The smallest absolute Gasteiger partial charge is 0.482 e. The van der Waals surface area contributed by atoms with Gasteiger partial charge in [-0.15, -0.1) is 0 Å². The summed E-state index contributed by atoms with van der Waals surface area (Å²) < 4.78 is 41.2. The Bertz CT molecular complexity index is 408. The van der Waals surface area contributed by atoms with Crippen LogP contribution < -0.4 is 4.74 Å². The van der Waals surface area contributed by atoms with Gasteiger partial charge in [0.25, 0.3) is 5.69 Å². The summed E-state index contributed by atoms with van der Waals surface area (Å²) in [5.74, 6) is 0.0456. The quantitative estimate of drug-likeness (QED) is 0.456. The summed E-state index contributed by atoms with van der Waals surface area (Å²) in [6, 6.07) is 3.12. The number of nitro benzene ring substituents is 1. The number of hydrogen-bond acceptors (Lipinski definition) is 3. The first-order valence-corrected chi connectivity index (χ1v) is 4.35. The SMILES string of the molecule is COc1cc(C[B-](F)(F)F)cc([N+](=O)[O-])c1. The van der Waals surface area contributed by atoms with Gasteiger partial charge < -0.3 is 17.7 Å². The van der Waals surface area contributed by atoms with Crippen LogP contribution in [0.15, 0.2) is 18.2 Å². The number of ether oxygens (including phenoxy) is 1. The molecule has 0 atom stereocenters. The van der Waals surface area contributed by atoms with Crippen LogP contribution in [0.3, 0.4) is 0 Å². The van der Waals surface area contributed by atoms with E-state index >= 15 is 0 Å². The van der Waals surface area contributed by atoms with Gasteiger partial charge in [-0.1, -0.05) is 11.9 Å². The molecule has 0 aliphatic heterocycles. The van der Waals surface area contributed by atoms with Crippen molar-refractivity contribution < 1.29 is 22.6 Å². The maximum atomic E-state index is 12.2. The molecule has 0 saturated carbocycles. The van der Waals surface area contributed by atoms with Crippen LogP contribution in [-0.4, -0.2) is 19.0 Å². The number of hydrogen-bond donors (Lipinski definition) is 0. The average Bonchev–Trinajstić information content (AvgIpc) is 2.14. The lowest BCUT2D eigenvalue weighted by Crippen LogP contribution is -2.19. The molecule has 0 heterocycles. The lowest BCUT2D eigenvalue weighted by Gasteiger charge is -2.13. The van der Waals surface area contributed by atoms with Crippen LogP contribution in [0.1, 0.15) is 5.56 Å². The summed E-state index contributed by atoms with van der Waals surface area (Å²) in [5, 5.41) is 10.5. The van der Waals surface area contributed by atoms with E-state index in [1.54, 1.807) is 0 Å². The lowest BCUT2D eigenvalue weighted by atomic mass is 9.82. The Balaban J connectivity index is 3.09. The molecule has 1 rings (SSSR count). The zero-order valence-corrected chi connectivity index (χ0v) is 8.32. The van der Waals surface area contributed by atoms with Crippen molar-refractivity contribution in [3.63, 3.8) is 0 Å². The first-order chi connectivity index (χ1) is 7.31. The number of rotatable bonds is 4. The highest BCUT2D eigenvalue weighted by Gasteiger charge is 2.24. The third-order valence-corrected chi connectivity index (χ3v) is 1.86. The van der Waals surface area contributed by atoms with Gasteiger partial charge in [0.05, 0.1) is 18.1 Å². The van der Waals surface area contributed by atoms with E-state index in [-0.39, 0.29) is 11.3 Å². The fourth-order valence-electron chi connectivity index (χ4n) is 1.25.